The maximum absolute atomic E-state index is 13.4. The largest absolute Gasteiger partial charge is 0.376 e. The van der Waals surface area contributed by atoms with E-state index in [0.29, 0.717) is 28.5 Å². The third-order valence-electron chi connectivity index (χ3n) is 3.96. The summed E-state index contributed by atoms with van der Waals surface area (Å²) in [6, 6.07) is 4.38. The van der Waals surface area contributed by atoms with E-state index < -0.39 is 0 Å². The van der Waals surface area contributed by atoms with Gasteiger partial charge in [-0.2, -0.15) is 0 Å². The number of aromatic amines is 1. The molecule has 0 bridgehead atoms. The molecule has 1 fully saturated rings. The molecule has 5 nitrogen and oxygen atoms in total. The van der Waals surface area contributed by atoms with E-state index in [9.17, 15) is 9.18 Å². The highest BCUT2D eigenvalue weighted by Crippen LogP contribution is 2.22. The van der Waals surface area contributed by atoms with Gasteiger partial charge in [0.2, 0.25) is 0 Å². The van der Waals surface area contributed by atoms with E-state index in [2.05, 4.69) is 9.97 Å². The number of fused-ring (bicyclic) bond motifs is 3. The number of benzene rings is 1. The van der Waals surface area contributed by atoms with Crippen molar-refractivity contribution in [3.05, 3.63) is 40.7 Å². The third kappa shape index (κ3) is 2.03. The van der Waals surface area contributed by atoms with Crippen molar-refractivity contribution in [3.8, 4) is 0 Å². The number of hydrogen-bond acceptors (Lipinski definition) is 3. The SMILES string of the molecule is O=c1c2[nH]c3ccc(F)cc3c2ncn1C[C@H]1CCCO1. The van der Waals surface area contributed by atoms with E-state index in [4.69, 9.17) is 4.74 Å². The zero-order valence-corrected chi connectivity index (χ0v) is 11.3. The standard InChI is InChI=1S/C15H14FN3O2/c16-9-3-4-12-11(6-9)13-14(18-12)15(20)19(8-17-13)7-10-2-1-5-21-10/h3-4,6,8,10,18H,1-2,5,7H2/t10-/m1/s1. The number of rotatable bonds is 2. The first-order chi connectivity index (χ1) is 10.2. The first-order valence-electron chi connectivity index (χ1n) is 7.00. The van der Waals surface area contributed by atoms with Crippen molar-refractivity contribution in [2.45, 2.75) is 25.5 Å². The van der Waals surface area contributed by atoms with Gasteiger partial charge in [0.05, 0.1) is 19.0 Å². The van der Waals surface area contributed by atoms with Gasteiger partial charge in [0, 0.05) is 17.5 Å². The van der Waals surface area contributed by atoms with Gasteiger partial charge in [0.25, 0.3) is 5.56 Å². The lowest BCUT2D eigenvalue weighted by Gasteiger charge is -2.10. The Morgan fingerprint density at radius 3 is 3.19 bits per heavy atom. The molecule has 3 heterocycles. The monoisotopic (exact) mass is 287 g/mol. The number of H-pyrrole nitrogens is 1. The number of halogens is 1. The minimum absolute atomic E-state index is 0.0729. The van der Waals surface area contributed by atoms with E-state index >= 15 is 0 Å². The summed E-state index contributed by atoms with van der Waals surface area (Å²) in [5.41, 5.74) is 1.49. The minimum Gasteiger partial charge on any atom is -0.376 e. The molecule has 6 heteroatoms. The highest BCUT2D eigenvalue weighted by atomic mass is 19.1. The lowest BCUT2D eigenvalue weighted by Crippen LogP contribution is -2.26. The number of nitrogens with zero attached hydrogens (tertiary/aromatic N) is 2. The van der Waals surface area contributed by atoms with Crippen molar-refractivity contribution in [3.63, 3.8) is 0 Å². The first-order valence-corrected chi connectivity index (χ1v) is 7.00. The van der Waals surface area contributed by atoms with E-state index in [1.54, 1.807) is 10.6 Å². The maximum atomic E-state index is 13.4. The summed E-state index contributed by atoms with van der Waals surface area (Å²) in [5.74, 6) is -0.339. The molecule has 1 N–H and O–H groups in total. The Morgan fingerprint density at radius 1 is 1.48 bits per heavy atom. The van der Waals surface area contributed by atoms with Crippen LogP contribution >= 0.6 is 0 Å². The van der Waals surface area contributed by atoms with Gasteiger partial charge in [-0.3, -0.25) is 9.36 Å². The number of hydrogen-bond donors (Lipinski definition) is 1. The van der Waals surface area contributed by atoms with Crippen LogP contribution in [0.25, 0.3) is 21.9 Å². The zero-order valence-electron chi connectivity index (χ0n) is 11.3. The summed E-state index contributed by atoms with van der Waals surface area (Å²) in [4.78, 5) is 19.9. The van der Waals surface area contributed by atoms with Gasteiger partial charge in [0.15, 0.2) is 0 Å². The molecule has 3 aromatic rings. The summed E-state index contributed by atoms with van der Waals surface area (Å²) in [6.07, 6.45) is 3.58. The van der Waals surface area contributed by atoms with Crippen LogP contribution in [0.1, 0.15) is 12.8 Å². The summed E-state index contributed by atoms with van der Waals surface area (Å²) in [6.45, 7) is 1.26. The minimum atomic E-state index is -0.339. The smallest absolute Gasteiger partial charge is 0.277 e. The van der Waals surface area contributed by atoms with Crippen molar-refractivity contribution in [2.24, 2.45) is 0 Å². The second-order valence-corrected chi connectivity index (χ2v) is 5.38. The number of ether oxygens (including phenoxy) is 1. The van der Waals surface area contributed by atoms with Crippen molar-refractivity contribution in [2.75, 3.05) is 6.61 Å². The summed E-state index contributed by atoms with van der Waals surface area (Å²) < 4.78 is 20.5. The Hall–Kier alpha value is -2.21. The van der Waals surface area contributed by atoms with Gasteiger partial charge in [-0.25, -0.2) is 9.37 Å². The van der Waals surface area contributed by atoms with Crippen molar-refractivity contribution in [1.29, 1.82) is 0 Å². The molecule has 1 atom stereocenters. The molecule has 1 aliphatic rings. The molecule has 108 valence electrons. The van der Waals surface area contributed by atoms with E-state index in [-0.39, 0.29) is 17.5 Å². The number of aromatic nitrogens is 3. The second-order valence-electron chi connectivity index (χ2n) is 5.38. The molecule has 0 unspecified atom stereocenters. The van der Waals surface area contributed by atoms with Crippen molar-refractivity contribution >= 4 is 21.9 Å². The summed E-state index contributed by atoms with van der Waals surface area (Å²) >= 11 is 0. The average molecular weight is 287 g/mol. The average Bonchev–Trinajstić information content (AvgIpc) is 3.09. The van der Waals surface area contributed by atoms with Crippen LogP contribution in [0, 0.1) is 5.82 Å². The highest BCUT2D eigenvalue weighted by molar-refractivity contribution is 6.04. The van der Waals surface area contributed by atoms with Crippen molar-refractivity contribution < 1.29 is 9.13 Å². The first kappa shape index (κ1) is 12.5. The van der Waals surface area contributed by atoms with Gasteiger partial charge < -0.3 is 9.72 Å². The molecule has 4 rings (SSSR count). The molecule has 0 saturated carbocycles. The van der Waals surface area contributed by atoms with E-state index in [0.717, 1.165) is 19.4 Å². The van der Waals surface area contributed by atoms with Crippen LogP contribution in [0.5, 0.6) is 0 Å². The zero-order chi connectivity index (χ0) is 14.4. The molecule has 1 aromatic carbocycles. The molecule has 2 aromatic heterocycles. The molecule has 0 radical (unpaired) electrons. The maximum Gasteiger partial charge on any atom is 0.277 e. The summed E-state index contributed by atoms with van der Waals surface area (Å²) in [7, 11) is 0. The normalized spacial score (nSPS) is 18.8. The lowest BCUT2D eigenvalue weighted by molar-refractivity contribution is 0.0960. The van der Waals surface area contributed by atoms with Gasteiger partial charge in [-0.1, -0.05) is 0 Å². The third-order valence-corrected chi connectivity index (χ3v) is 3.96. The number of nitrogens with one attached hydrogen (secondary N) is 1. The van der Waals surface area contributed by atoms with Crippen LogP contribution in [-0.4, -0.2) is 27.2 Å². The molecule has 1 saturated heterocycles. The van der Waals surface area contributed by atoms with Crippen LogP contribution in [0.4, 0.5) is 4.39 Å². The Labute approximate surface area is 119 Å². The Bertz CT molecular complexity index is 878. The van der Waals surface area contributed by atoms with Crippen molar-refractivity contribution in [1.82, 2.24) is 14.5 Å². The highest BCUT2D eigenvalue weighted by Gasteiger charge is 2.18. The van der Waals surface area contributed by atoms with Crippen LogP contribution in [-0.2, 0) is 11.3 Å². The fourth-order valence-corrected chi connectivity index (χ4v) is 2.90. The fraction of sp³-hybridized carbons (Fsp3) is 0.333. The molecule has 1 aliphatic heterocycles. The van der Waals surface area contributed by atoms with E-state index in [1.165, 1.54) is 18.5 Å². The predicted octanol–water partition coefficient (Wildman–Crippen LogP) is 2.20. The van der Waals surface area contributed by atoms with E-state index in [1.807, 2.05) is 0 Å². The topological polar surface area (TPSA) is 59.9 Å². The second kappa shape index (κ2) is 4.66. The van der Waals surface area contributed by atoms with Crippen LogP contribution in [0.15, 0.2) is 29.3 Å². The molecule has 0 amide bonds. The quantitative estimate of drug-likeness (QED) is 0.786. The van der Waals surface area contributed by atoms with Gasteiger partial charge in [-0.15, -0.1) is 0 Å². The molecule has 21 heavy (non-hydrogen) atoms. The van der Waals surface area contributed by atoms with Gasteiger partial charge >= 0.3 is 0 Å². The predicted molar refractivity (Wildman–Crippen MR) is 76.8 cm³/mol. The fourth-order valence-electron chi connectivity index (χ4n) is 2.90. The summed E-state index contributed by atoms with van der Waals surface area (Å²) in [5, 5.41) is 0.631. The Morgan fingerprint density at radius 2 is 2.38 bits per heavy atom. The Kier molecular flexibility index (Phi) is 2.78. The van der Waals surface area contributed by atoms with Crippen LogP contribution in [0.2, 0.25) is 0 Å². The van der Waals surface area contributed by atoms with Gasteiger partial charge in [-0.05, 0) is 31.0 Å². The lowest BCUT2D eigenvalue weighted by atomic mass is 10.2. The van der Waals surface area contributed by atoms with Crippen LogP contribution in [0.3, 0.4) is 0 Å². The molecular weight excluding hydrogens is 273 g/mol. The Balaban J connectivity index is 1.86. The van der Waals surface area contributed by atoms with Gasteiger partial charge in [0.1, 0.15) is 16.9 Å². The van der Waals surface area contributed by atoms with Crippen LogP contribution < -0.4 is 5.56 Å². The molecule has 0 spiro atoms. The molecular formula is C15H14FN3O2. The molecule has 0 aliphatic carbocycles.